The minimum atomic E-state index is -0.383. The van der Waals surface area contributed by atoms with Crippen molar-refractivity contribution in [3.63, 3.8) is 0 Å². The molecule has 8 nitrogen and oxygen atoms in total. The first-order chi connectivity index (χ1) is 20.5. The molecule has 0 radical (unpaired) electrons. The molecule has 0 aromatic heterocycles. The topological polar surface area (TPSA) is 123 Å². The molecule has 1 aliphatic heterocycles. The zero-order valence-electron chi connectivity index (χ0n) is 25.1. The van der Waals surface area contributed by atoms with Gasteiger partial charge in [-0.1, -0.05) is 85.6 Å². The van der Waals surface area contributed by atoms with Crippen LogP contribution in [0.15, 0.2) is 60.7 Å². The number of nitrogens with two attached hydrogens (primary N) is 2. The molecule has 43 heavy (non-hydrogen) atoms. The first-order valence-corrected chi connectivity index (χ1v) is 15.8. The molecule has 3 aromatic rings. The predicted octanol–water partition coefficient (Wildman–Crippen LogP) is 5.55. The van der Waals surface area contributed by atoms with Gasteiger partial charge in [0.2, 0.25) is 11.9 Å². The highest BCUT2D eigenvalue weighted by Gasteiger charge is 2.37. The van der Waals surface area contributed by atoms with Crippen LogP contribution in [-0.2, 0) is 17.6 Å². The maximum absolute atomic E-state index is 13.9. The number of nitrogens with one attached hydrogen (secondary N) is 1. The van der Waals surface area contributed by atoms with Crippen molar-refractivity contribution in [3.05, 3.63) is 81.8 Å². The lowest BCUT2D eigenvalue weighted by molar-refractivity contribution is -0.138. The van der Waals surface area contributed by atoms with Crippen LogP contribution >= 0.6 is 23.2 Å². The molecule has 1 aliphatic rings. The molecule has 1 amide bonds. The molecule has 232 valence electrons. The number of piperazine rings is 1. The van der Waals surface area contributed by atoms with E-state index in [4.69, 9.17) is 40.1 Å². The summed E-state index contributed by atoms with van der Waals surface area (Å²) in [5.41, 5.74) is 14.1. The van der Waals surface area contributed by atoms with Crippen molar-refractivity contribution in [3.8, 4) is 0 Å². The van der Waals surface area contributed by atoms with Gasteiger partial charge in [-0.2, -0.15) is 0 Å². The molecule has 1 heterocycles. The largest absolute Gasteiger partial charge is 0.368 e. The lowest BCUT2D eigenvalue weighted by atomic mass is 9.94. The molecule has 0 unspecified atom stereocenters. The van der Waals surface area contributed by atoms with Crippen molar-refractivity contribution in [1.29, 1.82) is 5.41 Å². The van der Waals surface area contributed by atoms with Gasteiger partial charge in [0.05, 0.1) is 6.42 Å². The summed E-state index contributed by atoms with van der Waals surface area (Å²) in [4.78, 5) is 18.4. The number of fused-ring (bicyclic) bond motifs is 1. The summed E-state index contributed by atoms with van der Waals surface area (Å²) in [7, 11) is 0. The first-order valence-electron chi connectivity index (χ1n) is 15.0. The maximum Gasteiger partial charge on any atom is 0.227 e. The van der Waals surface area contributed by atoms with Crippen LogP contribution in [0.4, 0.5) is 0 Å². The predicted molar refractivity (Wildman–Crippen MR) is 176 cm³/mol. The van der Waals surface area contributed by atoms with E-state index >= 15 is 0 Å². The van der Waals surface area contributed by atoms with Gasteiger partial charge in [-0.05, 0) is 65.6 Å². The van der Waals surface area contributed by atoms with Crippen molar-refractivity contribution in [2.24, 2.45) is 17.4 Å². The summed E-state index contributed by atoms with van der Waals surface area (Å²) in [6.07, 6.45) is 3.16. The number of hydrogen-bond donors (Lipinski definition) is 4. The third-order valence-corrected chi connectivity index (χ3v) is 8.78. The molecule has 4 rings (SSSR count). The quantitative estimate of drug-likeness (QED) is 0.119. The molecule has 0 spiro atoms. The van der Waals surface area contributed by atoms with Gasteiger partial charge < -0.3 is 16.4 Å². The first kappa shape index (κ1) is 33.0. The summed E-state index contributed by atoms with van der Waals surface area (Å²) >= 11 is 12.5. The Labute approximate surface area is 265 Å². The number of hydroxylamine groups is 2. The lowest BCUT2D eigenvalue weighted by Gasteiger charge is -2.48. The average molecular weight is 628 g/mol. The molecular formula is C33H44Cl2N6O2. The van der Waals surface area contributed by atoms with E-state index in [0.717, 1.165) is 33.4 Å². The number of hydrogen-bond acceptors (Lipinski definition) is 5. The van der Waals surface area contributed by atoms with Gasteiger partial charge in [0.15, 0.2) is 0 Å². The van der Waals surface area contributed by atoms with Gasteiger partial charge >= 0.3 is 0 Å². The average Bonchev–Trinajstić information content (AvgIpc) is 2.95. The van der Waals surface area contributed by atoms with E-state index in [1.54, 1.807) is 6.07 Å². The highest BCUT2D eigenvalue weighted by Crippen LogP contribution is 2.27. The fourth-order valence-electron chi connectivity index (χ4n) is 6.12. The Morgan fingerprint density at radius 1 is 1.07 bits per heavy atom. The Morgan fingerprint density at radius 3 is 2.51 bits per heavy atom. The van der Waals surface area contributed by atoms with E-state index < -0.39 is 0 Å². The SMILES string of the molecule is CC(C)C[C@@H]1CN(C[C@H](N)Cc2ccc(Cl)cc2Cl)[C@@H](CCCN(O)C(=N)N)CN1C(=O)Cc1ccc2ccccc2c1. The van der Waals surface area contributed by atoms with Crippen molar-refractivity contribution < 1.29 is 10.0 Å². The third-order valence-electron chi connectivity index (χ3n) is 8.19. The Kier molecular flexibility index (Phi) is 11.7. The van der Waals surface area contributed by atoms with E-state index in [2.05, 4.69) is 47.9 Å². The number of carbonyl (C=O) groups is 1. The van der Waals surface area contributed by atoms with E-state index in [1.807, 2.05) is 30.3 Å². The van der Waals surface area contributed by atoms with Gasteiger partial charge in [0, 0.05) is 54.3 Å². The second-order valence-corrected chi connectivity index (χ2v) is 13.0. The van der Waals surface area contributed by atoms with Crippen LogP contribution in [0.3, 0.4) is 0 Å². The molecule has 3 aromatic carbocycles. The summed E-state index contributed by atoms with van der Waals surface area (Å²) < 4.78 is 0. The van der Waals surface area contributed by atoms with Gasteiger partial charge in [-0.15, -0.1) is 0 Å². The van der Waals surface area contributed by atoms with E-state index in [0.29, 0.717) is 61.3 Å². The van der Waals surface area contributed by atoms with Crippen LogP contribution in [0.2, 0.25) is 10.0 Å². The van der Waals surface area contributed by atoms with Crippen LogP contribution in [0.25, 0.3) is 10.8 Å². The Morgan fingerprint density at radius 2 is 1.81 bits per heavy atom. The Balaban J connectivity index is 1.52. The van der Waals surface area contributed by atoms with Gasteiger partial charge in [0.25, 0.3) is 0 Å². The smallest absolute Gasteiger partial charge is 0.227 e. The van der Waals surface area contributed by atoms with Crippen LogP contribution in [0, 0.1) is 11.3 Å². The zero-order chi connectivity index (χ0) is 31.1. The summed E-state index contributed by atoms with van der Waals surface area (Å²) in [6, 6.07) is 19.8. The number of nitrogens with zero attached hydrogens (tertiary/aromatic N) is 3. The third kappa shape index (κ3) is 9.30. The van der Waals surface area contributed by atoms with Crippen LogP contribution in [0.1, 0.15) is 44.2 Å². The number of amides is 1. The zero-order valence-corrected chi connectivity index (χ0v) is 26.6. The minimum absolute atomic E-state index is 0.0380. The molecule has 0 saturated carbocycles. The van der Waals surface area contributed by atoms with Crippen LogP contribution < -0.4 is 11.5 Å². The molecule has 1 fully saturated rings. The molecular weight excluding hydrogens is 583 g/mol. The van der Waals surface area contributed by atoms with Crippen LogP contribution in [-0.4, -0.2) is 76.2 Å². The highest BCUT2D eigenvalue weighted by molar-refractivity contribution is 6.35. The highest BCUT2D eigenvalue weighted by atomic mass is 35.5. The molecule has 0 aliphatic carbocycles. The summed E-state index contributed by atoms with van der Waals surface area (Å²) in [5.74, 6) is 0.154. The lowest BCUT2D eigenvalue weighted by Crippen LogP contribution is -2.62. The molecule has 6 N–H and O–H groups in total. The molecule has 3 atom stereocenters. The van der Waals surface area contributed by atoms with Gasteiger partial charge in [-0.25, -0.2) is 5.06 Å². The molecule has 0 bridgehead atoms. The molecule has 1 saturated heterocycles. The maximum atomic E-state index is 13.9. The number of halogens is 2. The van der Waals surface area contributed by atoms with Crippen molar-refractivity contribution >= 4 is 45.8 Å². The second-order valence-electron chi connectivity index (χ2n) is 12.1. The van der Waals surface area contributed by atoms with E-state index in [-0.39, 0.29) is 36.5 Å². The fourth-order valence-corrected chi connectivity index (χ4v) is 6.60. The van der Waals surface area contributed by atoms with E-state index in [9.17, 15) is 10.0 Å². The Bertz CT molecular complexity index is 1400. The van der Waals surface area contributed by atoms with Crippen LogP contribution in [0.5, 0.6) is 0 Å². The van der Waals surface area contributed by atoms with Crippen molar-refractivity contribution in [1.82, 2.24) is 14.9 Å². The summed E-state index contributed by atoms with van der Waals surface area (Å²) in [6.45, 7) is 6.54. The summed E-state index contributed by atoms with van der Waals surface area (Å²) in [5, 5.41) is 21.7. The van der Waals surface area contributed by atoms with Gasteiger partial charge in [0.1, 0.15) is 0 Å². The Hall–Kier alpha value is -2.88. The fraction of sp³-hybridized carbons (Fsp3) is 0.455. The minimum Gasteiger partial charge on any atom is -0.368 e. The van der Waals surface area contributed by atoms with Crippen molar-refractivity contribution in [2.75, 3.05) is 26.2 Å². The van der Waals surface area contributed by atoms with Crippen molar-refractivity contribution in [2.45, 2.75) is 64.1 Å². The monoisotopic (exact) mass is 626 g/mol. The van der Waals surface area contributed by atoms with E-state index in [1.165, 1.54) is 0 Å². The standard InChI is InChI=1S/C33H44Cl2N6O2/c1-22(2)14-30-20-39(19-28(36)17-26-11-12-27(34)18-31(26)35)29(8-5-13-41(43)33(37)38)21-40(30)32(42)16-23-9-10-24-6-3-4-7-25(24)15-23/h3-4,6-7,9-12,15,18,22,28-30,43H,5,8,13-14,16-17,19-21,36H2,1-2H3,(H3,37,38)/t28-,29+,30-/m1/s1. The number of benzene rings is 3. The number of rotatable bonds is 12. The van der Waals surface area contributed by atoms with Gasteiger partial charge in [-0.3, -0.25) is 20.3 Å². The number of guanidine groups is 1. The molecule has 10 heteroatoms. The number of carbonyl (C=O) groups excluding carboxylic acids is 1. The normalized spacial score (nSPS) is 18.3. The second kappa shape index (κ2) is 15.2.